The number of imidazole rings is 1. The first-order valence-corrected chi connectivity index (χ1v) is 6.04. The van der Waals surface area contributed by atoms with Gasteiger partial charge in [0.15, 0.2) is 17.4 Å². The molecule has 0 radical (unpaired) electrons. The highest BCUT2D eigenvalue weighted by Gasteiger charge is 2.45. The summed E-state index contributed by atoms with van der Waals surface area (Å²) in [6, 6.07) is 0. The van der Waals surface area contributed by atoms with Crippen molar-refractivity contribution in [3.05, 3.63) is 23.0 Å². The molecular formula is C11H14N4O5. The van der Waals surface area contributed by atoms with E-state index in [-0.39, 0.29) is 17.7 Å². The molecule has 3 N–H and O–H groups in total. The van der Waals surface area contributed by atoms with Crippen molar-refractivity contribution in [3.8, 4) is 0 Å². The number of aromatic nitrogens is 4. The third-order valence-corrected chi connectivity index (χ3v) is 3.40. The van der Waals surface area contributed by atoms with Gasteiger partial charge in [0.1, 0.15) is 18.3 Å². The van der Waals surface area contributed by atoms with Crippen molar-refractivity contribution in [3.63, 3.8) is 0 Å². The minimum absolute atomic E-state index is 0.174. The molecule has 108 valence electrons. The first-order chi connectivity index (χ1) is 9.67. The number of hydrogen-bond donors (Lipinski definition) is 3. The lowest BCUT2D eigenvalue weighted by Gasteiger charge is -2.19. The zero-order chi connectivity index (χ0) is 14.3. The Balaban J connectivity index is 2.06. The number of hydrogen-bond acceptors (Lipinski definition) is 7. The van der Waals surface area contributed by atoms with Crippen LogP contribution >= 0.6 is 0 Å². The Kier molecular flexibility index (Phi) is 3.26. The maximum absolute atomic E-state index is 11.6. The summed E-state index contributed by atoms with van der Waals surface area (Å²) in [5, 5.41) is 19.2. The molecule has 1 fully saturated rings. The first kappa shape index (κ1) is 13.2. The molecule has 1 aliphatic heterocycles. The third-order valence-electron chi connectivity index (χ3n) is 3.40. The lowest BCUT2D eigenvalue weighted by Crippen LogP contribution is -2.34. The number of nitrogens with one attached hydrogen (secondary N) is 1. The highest BCUT2D eigenvalue weighted by Crippen LogP contribution is 2.32. The van der Waals surface area contributed by atoms with Crippen LogP contribution in [0.4, 0.5) is 0 Å². The Labute approximate surface area is 112 Å². The molecule has 1 aliphatic rings. The molecule has 3 rings (SSSR count). The predicted octanol–water partition coefficient (Wildman–Crippen LogP) is -1.61. The SMILES string of the molecule is CO[C@H]1C(O)C(CO)OC1n1cnc2c(=O)[nH]cnc21. The van der Waals surface area contributed by atoms with E-state index in [1.807, 2.05) is 0 Å². The van der Waals surface area contributed by atoms with Gasteiger partial charge in [-0.25, -0.2) is 9.97 Å². The summed E-state index contributed by atoms with van der Waals surface area (Å²) < 4.78 is 12.3. The van der Waals surface area contributed by atoms with Crippen LogP contribution in [-0.4, -0.2) is 61.8 Å². The number of fused-ring (bicyclic) bond motifs is 1. The van der Waals surface area contributed by atoms with E-state index in [0.717, 1.165) is 0 Å². The minimum atomic E-state index is -0.977. The maximum Gasteiger partial charge on any atom is 0.278 e. The topological polar surface area (TPSA) is 122 Å². The summed E-state index contributed by atoms with van der Waals surface area (Å²) in [7, 11) is 1.43. The molecule has 1 saturated heterocycles. The highest BCUT2D eigenvalue weighted by molar-refractivity contribution is 5.68. The third kappa shape index (κ3) is 1.83. The number of aromatic amines is 1. The van der Waals surface area contributed by atoms with Crippen LogP contribution in [0.1, 0.15) is 6.23 Å². The molecule has 2 aromatic heterocycles. The molecular weight excluding hydrogens is 268 g/mol. The average molecular weight is 282 g/mol. The fourth-order valence-electron chi connectivity index (χ4n) is 2.40. The smallest absolute Gasteiger partial charge is 0.278 e. The average Bonchev–Trinajstić information content (AvgIpc) is 3.00. The van der Waals surface area contributed by atoms with Gasteiger partial charge in [-0.15, -0.1) is 0 Å². The van der Waals surface area contributed by atoms with Gasteiger partial charge in [-0.05, 0) is 0 Å². The van der Waals surface area contributed by atoms with E-state index < -0.39 is 24.5 Å². The van der Waals surface area contributed by atoms with Gasteiger partial charge < -0.3 is 24.7 Å². The lowest BCUT2D eigenvalue weighted by molar-refractivity contribution is -0.0583. The van der Waals surface area contributed by atoms with E-state index in [1.165, 1.54) is 24.3 Å². The van der Waals surface area contributed by atoms with E-state index in [2.05, 4.69) is 15.0 Å². The van der Waals surface area contributed by atoms with Crippen LogP contribution in [-0.2, 0) is 9.47 Å². The molecule has 0 aromatic carbocycles. The number of methoxy groups -OCH3 is 1. The number of aliphatic hydroxyl groups is 2. The second kappa shape index (κ2) is 4.94. The number of aliphatic hydroxyl groups excluding tert-OH is 2. The second-order valence-corrected chi connectivity index (χ2v) is 4.49. The van der Waals surface area contributed by atoms with Crippen LogP contribution in [0.15, 0.2) is 17.4 Å². The molecule has 9 heteroatoms. The Morgan fingerprint density at radius 1 is 1.55 bits per heavy atom. The van der Waals surface area contributed by atoms with Gasteiger partial charge in [0.05, 0.1) is 19.3 Å². The van der Waals surface area contributed by atoms with Gasteiger partial charge in [-0.2, -0.15) is 0 Å². The van der Waals surface area contributed by atoms with E-state index >= 15 is 0 Å². The van der Waals surface area contributed by atoms with E-state index in [9.17, 15) is 15.0 Å². The van der Waals surface area contributed by atoms with Gasteiger partial charge in [0, 0.05) is 7.11 Å². The van der Waals surface area contributed by atoms with Crippen LogP contribution < -0.4 is 5.56 Å². The van der Waals surface area contributed by atoms with Crippen molar-refractivity contribution in [1.82, 2.24) is 19.5 Å². The summed E-state index contributed by atoms with van der Waals surface area (Å²) in [6.07, 6.45) is -0.480. The van der Waals surface area contributed by atoms with E-state index in [4.69, 9.17) is 9.47 Å². The normalized spacial score (nSPS) is 30.1. The van der Waals surface area contributed by atoms with Crippen LogP contribution in [0, 0.1) is 0 Å². The number of ether oxygens (including phenoxy) is 2. The summed E-state index contributed by atoms with van der Waals surface area (Å²) in [6.45, 7) is -0.335. The monoisotopic (exact) mass is 282 g/mol. The molecule has 20 heavy (non-hydrogen) atoms. The van der Waals surface area contributed by atoms with E-state index in [1.54, 1.807) is 0 Å². The van der Waals surface area contributed by atoms with Crippen molar-refractivity contribution in [2.24, 2.45) is 0 Å². The molecule has 3 heterocycles. The van der Waals surface area contributed by atoms with Gasteiger partial charge in [0.25, 0.3) is 5.56 Å². The zero-order valence-electron chi connectivity index (χ0n) is 10.6. The van der Waals surface area contributed by atoms with Crippen molar-refractivity contribution in [2.45, 2.75) is 24.5 Å². The highest BCUT2D eigenvalue weighted by atomic mass is 16.6. The number of nitrogens with zero attached hydrogens (tertiary/aromatic N) is 3. The first-order valence-electron chi connectivity index (χ1n) is 6.04. The summed E-state index contributed by atoms with van der Waals surface area (Å²) >= 11 is 0. The summed E-state index contributed by atoms with van der Waals surface area (Å²) in [5.74, 6) is 0. The Morgan fingerprint density at radius 2 is 2.35 bits per heavy atom. The number of H-pyrrole nitrogens is 1. The quantitative estimate of drug-likeness (QED) is 0.618. The Hall–Kier alpha value is -1.81. The Morgan fingerprint density at radius 3 is 3.05 bits per heavy atom. The fraction of sp³-hybridized carbons (Fsp3) is 0.545. The van der Waals surface area contributed by atoms with Gasteiger partial charge in [-0.1, -0.05) is 0 Å². The standard InChI is InChI=1S/C11H14N4O5/c1-19-8-7(17)5(2-16)20-11(8)15-4-14-6-9(15)12-3-13-10(6)18/h3-5,7-8,11,16-17H,2H2,1H3,(H,12,13,18)/t5?,7?,8-,11?/m0/s1. The van der Waals surface area contributed by atoms with Crippen LogP contribution in [0.2, 0.25) is 0 Å². The van der Waals surface area contributed by atoms with Crippen molar-refractivity contribution in [2.75, 3.05) is 13.7 Å². The second-order valence-electron chi connectivity index (χ2n) is 4.49. The van der Waals surface area contributed by atoms with Gasteiger partial charge >= 0.3 is 0 Å². The predicted molar refractivity (Wildman–Crippen MR) is 65.9 cm³/mol. The Bertz CT molecular complexity index is 668. The number of rotatable bonds is 3. The van der Waals surface area contributed by atoms with Gasteiger partial charge in [-0.3, -0.25) is 9.36 Å². The molecule has 3 unspecified atom stereocenters. The van der Waals surface area contributed by atoms with Crippen LogP contribution in [0.5, 0.6) is 0 Å². The van der Waals surface area contributed by atoms with Crippen LogP contribution in [0.3, 0.4) is 0 Å². The summed E-state index contributed by atoms with van der Waals surface area (Å²) in [4.78, 5) is 22.1. The maximum atomic E-state index is 11.6. The van der Waals surface area contributed by atoms with Crippen molar-refractivity contribution < 1.29 is 19.7 Å². The molecule has 9 nitrogen and oxygen atoms in total. The largest absolute Gasteiger partial charge is 0.394 e. The van der Waals surface area contributed by atoms with Gasteiger partial charge in [0.2, 0.25) is 0 Å². The zero-order valence-corrected chi connectivity index (χ0v) is 10.6. The molecule has 0 spiro atoms. The van der Waals surface area contributed by atoms with Crippen LogP contribution in [0.25, 0.3) is 11.2 Å². The molecule has 4 atom stereocenters. The fourth-order valence-corrected chi connectivity index (χ4v) is 2.40. The van der Waals surface area contributed by atoms with Crippen molar-refractivity contribution >= 4 is 11.2 Å². The van der Waals surface area contributed by atoms with Crippen molar-refractivity contribution in [1.29, 1.82) is 0 Å². The molecule has 0 aliphatic carbocycles. The minimum Gasteiger partial charge on any atom is -0.394 e. The lowest BCUT2D eigenvalue weighted by atomic mass is 10.1. The van der Waals surface area contributed by atoms with E-state index in [0.29, 0.717) is 5.65 Å². The molecule has 0 amide bonds. The molecule has 2 aromatic rings. The molecule has 0 saturated carbocycles. The molecule has 0 bridgehead atoms. The summed E-state index contributed by atoms with van der Waals surface area (Å²) in [5.41, 5.74) is 0.138.